The van der Waals surface area contributed by atoms with Gasteiger partial charge >= 0.3 is 69.5 Å². The van der Waals surface area contributed by atoms with Crippen LogP contribution in [0.25, 0.3) is 0 Å². The molecule has 0 aliphatic rings. The topological polar surface area (TPSA) is 23.9 Å². The van der Waals surface area contributed by atoms with Gasteiger partial charge in [0.15, 0.2) is 0 Å². The van der Waals surface area contributed by atoms with Crippen molar-refractivity contribution < 1.29 is 0 Å². The summed E-state index contributed by atoms with van der Waals surface area (Å²) in [5, 5.41) is 7.36. The molecule has 0 aromatic rings. The van der Waals surface area contributed by atoms with Crippen LogP contribution in [-0.4, -0.2) is 26.3 Å². The van der Waals surface area contributed by atoms with Crippen LogP contribution in [0.1, 0.15) is 39.5 Å². The number of hydrogen-bond donors (Lipinski definition) is 1. The summed E-state index contributed by atoms with van der Waals surface area (Å²) in [6.07, 6.45) is 5.84. The molecule has 0 atom stereocenters. The minimum atomic E-state index is 0.149. The zero-order valence-electron chi connectivity index (χ0n) is 8.15. The van der Waals surface area contributed by atoms with Crippen molar-refractivity contribution in [3.63, 3.8) is 0 Å². The molecule has 1 nitrogen and oxygen atoms in total. The van der Waals surface area contributed by atoms with Gasteiger partial charge in [-0.3, -0.25) is 0 Å². The average molecular weight is 292 g/mol. The van der Waals surface area contributed by atoms with Crippen molar-refractivity contribution in [1.82, 2.24) is 0 Å². The standard InChI is InChI=1S/2C4H9.CHNS.Sn/c2*1-3-4-2;2-1-3;/h2*1,3-4H2,2H3;2H;. The normalized spacial score (nSPS) is 8.17. The molecule has 0 rings (SSSR count). The van der Waals surface area contributed by atoms with Crippen LogP contribution in [0.3, 0.4) is 0 Å². The number of nitrogens with one attached hydrogen (secondary N) is 1. The molecule has 0 spiro atoms. The Morgan fingerprint density at radius 2 is 1.50 bits per heavy atom. The van der Waals surface area contributed by atoms with Crippen LogP contribution in [0.4, 0.5) is 0 Å². The monoisotopic (exact) mass is 293 g/mol. The Kier molecular flexibility index (Phi) is 22.2. The maximum Gasteiger partial charge on any atom is 0.0554 e. The molecular weight excluding hydrogens is 273 g/mol. The number of unbranched alkanes of at least 4 members (excludes halogenated alkanes) is 2. The van der Waals surface area contributed by atoms with Gasteiger partial charge in [-0.15, -0.1) is 0 Å². The first-order valence-corrected chi connectivity index (χ1v) is 9.02. The van der Waals surface area contributed by atoms with Gasteiger partial charge in [-0.25, -0.2) is 5.41 Å². The summed E-state index contributed by atoms with van der Waals surface area (Å²) in [6, 6.07) is 0. The van der Waals surface area contributed by atoms with Crippen molar-refractivity contribution >= 4 is 38.5 Å². The molecule has 12 heavy (non-hydrogen) atoms. The molecule has 0 unspecified atom stereocenters. The van der Waals surface area contributed by atoms with Gasteiger partial charge in [0.05, 0.1) is 5.16 Å². The Hall–Kier alpha value is 0.599. The fourth-order valence-corrected chi connectivity index (χ4v) is 4.89. The summed E-state index contributed by atoms with van der Waals surface area (Å²) in [5.41, 5.74) is 0. The van der Waals surface area contributed by atoms with Gasteiger partial charge in [0.2, 0.25) is 0 Å². The molecule has 0 aliphatic carbocycles. The number of hydrogen-bond acceptors (Lipinski definition) is 2. The minimum Gasteiger partial charge on any atom is -0.248 e. The van der Waals surface area contributed by atoms with Crippen LogP contribution < -0.4 is 0 Å². The van der Waals surface area contributed by atoms with Crippen molar-refractivity contribution in [3.05, 3.63) is 0 Å². The predicted octanol–water partition coefficient (Wildman–Crippen LogP) is 3.80. The fraction of sp³-hybridized carbons (Fsp3) is 0.889. The van der Waals surface area contributed by atoms with E-state index in [4.69, 9.17) is 5.41 Å². The first-order valence-electron chi connectivity index (χ1n) is 4.58. The van der Waals surface area contributed by atoms with Crippen LogP contribution in [0.15, 0.2) is 0 Å². The van der Waals surface area contributed by atoms with E-state index in [9.17, 15) is 0 Å². The van der Waals surface area contributed by atoms with E-state index < -0.39 is 0 Å². The minimum absolute atomic E-state index is 0.149. The Labute approximate surface area is 92.1 Å². The van der Waals surface area contributed by atoms with Crippen molar-refractivity contribution in [1.29, 1.82) is 5.41 Å². The van der Waals surface area contributed by atoms with E-state index in [-0.39, 0.29) is 21.1 Å². The van der Waals surface area contributed by atoms with E-state index in [2.05, 4.69) is 26.1 Å². The van der Waals surface area contributed by atoms with Crippen molar-refractivity contribution in [2.45, 2.75) is 48.4 Å². The molecule has 1 N–H and O–H groups in total. The van der Waals surface area contributed by atoms with Gasteiger partial charge in [-0.1, -0.05) is 0 Å². The quantitative estimate of drug-likeness (QED) is 0.342. The van der Waals surface area contributed by atoms with Gasteiger partial charge in [-0.05, 0) is 12.2 Å². The Balaban J connectivity index is 0. The van der Waals surface area contributed by atoms with Crippen molar-refractivity contribution in [3.8, 4) is 0 Å². The van der Waals surface area contributed by atoms with Gasteiger partial charge < -0.3 is 0 Å². The number of thiocarbonyl (C=S) groups is 1. The fourth-order valence-electron chi connectivity index (χ4n) is 0.729. The third kappa shape index (κ3) is 22.4. The molecule has 3 heteroatoms. The first kappa shape index (κ1) is 15.1. The molecule has 0 saturated heterocycles. The Morgan fingerprint density at radius 3 is 1.75 bits per heavy atom. The van der Waals surface area contributed by atoms with Crippen LogP contribution in [-0.2, 0) is 0 Å². The summed E-state index contributed by atoms with van der Waals surface area (Å²) in [6.45, 7) is 4.58. The molecule has 0 bridgehead atoms. The van der Waals surface area contributed by atoms with Crippen LogP contribution in [0.2, 0.25) is 8.87 Å². The van der Waals surface area contributed by atoms with Crippen LogP contribution in [0, 0.1) is 5.41 Å². The van der Waals surface area contributed by atoms with Crippen molar-refractivity contribution in [2.24, 2.45) is 0 Å². The molecular formula is C9H19NSSn. The molecule has 0 aliphatic heterocycles. The van der Waals surface area contributed by atoms with E-state index in [1.54, 1.807) is 14.0 Å². The number of rotatable bonds is 6. The largest absolute Gasteiger partial charge is 0.248 e. The maximum absolute atomic E-state index is 5.77. The second-order valence-corrected chi connectivity index (χ2v) is 7.04. The molecule has 0 aromatic carbocycles. The molecule has 2 radical (unpaired) electrons. The van der Waals surface area contributed by atoms with Gasteiger partial charge in [0.1, 0.15) is 0 Å². The van der Waals surface area contributed by atoms with E-state index >= 15 is 0 Å². The average Bonchev–Trinajstić information content (AvgIpc) is 2.06. The zero-order valence-corrected chi connectivity index (χ0v) is 11.8. The molecule has 0 saturated carbocycles. The van der Waals surface area contributed by atoms with E-state index in [1.165, 1.54) is 25.7 Å². The smallest absolute Gasteiger partial charge is 0.0554 e. The predicted molar refractivity (Wildman–Crippen MR) is 60.5 cm³/mol. The summed E-state index contributed by atoms with van der Waals surface area (Å²) in [7, 11) is 0. The summed E-state index contributed by atoms with van der Waals surface area (Å²) in [5.74, 6) is 0. The summed E-state index contributed by atoms with van der Waals surface area (Å²) >= 11 is 3.96. The first-order chi connectivity index (χ1) is 5.83. The molecule has 0 fully saturated rings. The number of isothiocyanates is 1. The van der Waals surface area contributed by atoms with Gasteiger partial charge in [0.25, 0.3) is 0 Å². The maximum atomic E-state index is 5.77. The second-order valence-electron chi connectivity index (χ2n) is 2.56. The molecule has 0 amide bonds. The van der Waals surface area contributed by atoms with E-state index in [0.29, 0.717) is 0 Å². The molecule has 70 valence electrons. The summed E-state index contributed by atoms with van der Waals surface area (Å²) in [4.78, 5) is 0. The molecule has 0 heterocycles. The zero-order chi connectivity index (χ0) is 9.66. The third-order valence-electron chi connectivity index (χ3n) is 1.41. The van der Waals surface area contributed by atoms with Crippen LogP contribution in [0.5, 0.6) is 0 Å². The third-order valence-corrected chi connectivity index (χ3v) is 5.45. The van der Waals surface area contributed by atoms with Crippen molar-refractivity contribution in [2.75, 3.05) is 0 Å². The van der Waals surface area contributed by atoms with Crippen LogP contribution >= 0.6 is 12.2 Å². The van der Waals surface area contributed by atoms with E-state index in [0.717, 1.165) is 0 Å². The van der Waals surface area contributed by atoms with Gasteiger partial charge in [0, 0.05) is 0 Å². The van der Waals surface area contributed by atoms with Gasteiger partial charge in [-0.2, -0.15) is 0 Å². The summed E-state index contributed by atoms with van der Waals surface area (Å²) < 4.78 is 3.25. The SMILES string of the molecule is CCC[CH2][Sn][CH2]CCC.N=C=S. The Bertz CT molecular complexity index is 94.7. The Morgan fingerprint density at radius 1 is 1.17 bits per heavy atom. The molecule has 0 aromatic heterocycles. The second kappa shape index (κ2) is 17.6. The van der Waals surface area contributed by atoms with E-state index in [1.807, 2.05) is 0 Å².